The molecule has 0 aliphatic heterocycles. The largest absolute Gasteiger partial charge is 0.388 e. The molecule has 5 heteroatoms. The van der Waals surface area contributed by atoms with E-state index in [2.05, 4.69) is 9.97 Å². The monoisotopic (exact) mass is 220 g/mol. The first-order valence-corrected chi connectivity index (χ1v) is 5.30. The highest BCUT2D eigenvalue weighted by Gasteiger charge is 2.11. The Morgan fingerprint density at radius 2 is 2.31 bits per heavy atom. The van der Waals surface area contributed by atoms with Crippen molar-refractivity contribution in [2.75, 3.05) is 6.54 Å². The highest BCUT2D eigenvalue weighted by atomic mass is 16.3. The van der Waals surface area contributed by atoms with Crippen molar-refractivity contribution in [3.63, 3.8) is 0 Å². The molecule has 0 saturated carbocycles. The molecule has 5 nitrogen and oxygen atoms in total. The van der Waals surface area contributed by atoms with Gasteiger partial charge in [0.05, 0.1) is 6.10 Å². The Labute approximate surface area is 93.9 Å². The predicted octanol–water partition coefficient (Wildman–Crippen LogP) is 0.659. The smallest absolute Gasteiger partial charge is 0.159 e. The molecular formula is C11H16N4O. The van der Waals surface area contributed by atoms with E-state index in [1.807, 2.05) is 24.6 Å². The Hall–Kier alpha value is -1.46. The van der Waals surface area contributed by atoms with Crippen LogP contribution in [0, 0.1) is 6.92 Å². The fourth-order valence-electron chi connectivity index (χ4n) is 1.71. The minimum absolute atomic E-state index is 0.459. The second-order valence-electron chi connectivity index (χ2n) is 3.92. The van der Waals surface area contributed by atoms with Crippen molar-refractivity contribution in [3.05, 3.63) is 23.7 Å². The van der Waals surface area contributed by atoms with E-state index in [9.17, 15) is 5.11 Å². The number of nitrogens with two attached hydrogens (primary N) is 1. The molecule has 0 amide bonds. The van der Waals surface area contributed by atoms with Gasteiger partial charge in [0.15, 0.2) is 5.65 Å². The quantitative estimate of drug-likeness (QED) is 0.796. The van der Waals surface area contributed by atoms with Crippen molar-refractivity contribution >= 4 is 11.2 Å². The fraction of sp³-hybridized carbons (Fsp3) is 0.455. The summed E-state index contributed by atoms with van der Waals surface area (Å²) in [4.78, 5) is 8.68. The minimum atomic E-state index is -0.552. The first-order chi connectivity index (χ1) is 7.63. The van der Waals surface area contributed by atoms with Crippen LogP contribution in [0.2, 0.25) is 0 Å². The second-order valence-corrected chi connectivity index (χ2v) is 3.92. The summed E-state index contributed by atoms with van der Waals surface area (Å²) >= 11 is 0. The van der Waals surface area contributed by atoms with Crippen LogP contribution in [0.1, 0.15) is 23.9 Å². The molecule has 0 aromatic carbocycles. The molecule has 0 spiro atoms. The van der Waals surface area contributed by atoms with Gasteiger partial charge >= 0.3 is 0 Å². The van der Waals surface area contributed by atoms with Gasteiger partial charge in [-0.2, -0.15) is 0 Å². The van der Waals surface area contributed by atoms with E-state index >= 15 is 0 Å². The normalized spacial score (nSPS) is 13.2. The maximum absolute atomic E-state index is 9.80. The summed E-state index contributed by atoms with van der Waals surface area (Å²) in [6, 6.07) is 1.87. The molecule has 1 unspecified atom stereocenters. The van der Waals surface area contributed by atoms with E-state index in [-0.39, 0.29) is 0 Å². The zero-order valence-corrected chi connectivity index (χ0v) is 9.51. The minimum Gasteiger partial charge on any atom is -0.388 e. The van der Waals surface area contributed by atoms with Crippen LogP contribution in [0.4, 0.5) is 0 Å². The maximum Gasteiger partial charge on any atom is 0.159 e. The van der Waals surface area contributed by atoms with Gasteiger partial charge in [0, 0.05) is 18.8 Å². The van der Waals surface area contributed by atoms with Crippen molar-refractivity contribution in [3.8, 4) is 0 Å². The number of hydrogen-bond donors (Lipinski definition) is 2. The molecule has 16 heavy (non-hydrogen) atoms. The van der Waals surface area contributed by atoms with Gasteiger partial charge in [-0.3, -0.25) is 0 Å². The molecule has 2 aromatic heterocycles. The van der Waals surface area contributed by atoms with Crippen LogP contribution < -0.4 is 5.73 Å². The number of fused-ring (bicyclic) bond motifs is 1. The molecule has 86 valence electrons. The molecule has 3 N–H and O–H groups in total. The summed E-state index contributed by atoms with van der Waals surface area (Å²) in [7, 11) is 1.92. The van der Waals surface area contributed by atoms with Gasteiger partial charge in [-0.25, -0.2) is 9.97 Å². The van der Waals surface area contributed by atoms with Crippen molar-refractivity contribution in [1.29, 1.82) is 0 Å². The summed E-state index contributed by atoms with van der Waals surface area (Å²) in [5, 5.41) is 9.80. The van der Waals surface area contributed by atoms with E-state index in [4.69, 9.17) is 5.73 Å². The number of rotatable bonds is 3. The van der Waals surface area contributed by atoms with Gasteiger partial charge in [-0.05, 0) is 26.0 Å². The second kappa shape index (κ2) is 4.19. The first kappa shape index (κ1) is 11.0. The first-order valence-electron chi connectivity index (χ1n) is 5.30. The molecule has 0 aliphatic rings. The number of hydrogen-bond acceptors (Lipinski definition) is 4. The van der Waals surface area contributed by atoms with Crippen LogP contribution >= 0.6 is 0 Å². The number of aryl methyl sites for hydroxylation is 2. The molecule has 2 rings (SSSR count). The third kappa shape index (κ3) is 1.79. The third-order valence-electron chi connectivity index (χ3n) is 2.78. The lowest BCUT2D eigenvalue weighted by Gasteiger charge is -2.08. The van der Waals surface area contributed by atoms with Crippen LogP contribution in [-0.2, 0) is 7.05 Å². The van der Waals surface area contributed by atoms with Crippen molar-refractivity contribution in [1.82, 2.24) is 14.5 Å². The number of aromatic nitrogens is 3. The van der Waals surface area contributed by atoms with E-state index < -0.39 is 6.10 Å². The fourth-order valence-corrected chi connectivity index (χ4v) is 1.71. The highest BCUT2D eigenvalue weighted by Crippen LogP contribution is 2.19. The van der Waals surface area contributed by atoms with E-state index in [0.29, 0.717) is 13.0 Å². The van der Waals surface area contributed by atoms with Gasteiger partial charge in [0.25, 0.3) is 0 Å². The van der Waals surface area contributed by atoms with E-state index in [1.54, 1.807) is 6.20 Å². The van der Waals surface area contributed by atoms with Crippen LogP contribution in [0.5, 0.6) is 0 Å². The molecule has 0 aliphatic carbocycles. The summed E-state index contributed by atoms with van der Waals surface area (Å²) in [5.74, 6) is 0.910. The number of aliphatic hydroxyl groups excluding tert-OH is 1. The van der Waals surface area contributed by atoms with Crippen molar-refractivity contribution in [2.45, 2.75) is 19.4 Å². The van der Waals surface area contributed by atoms with Crippen LogP contribution in [0.3, 0.4) is 0 Å². The Morgan fingerprint density at radius 3 is 3.00 bits per heavy atom. The Bertz CT molecular complexity index is 506. The lowest BCUT2D eigenvalue weighted by Crippen LogP contribution is -2.07. The van der Waals surface area contributed by atoms with Crippen molar-refractivity contribution in [2.24, 2.45) is 12.8 Å². The van der Waals surface area contributed by atoms with Gasteiger partial charge < -0.3 is 15.4 Å². The highest BCUT2D eigenvalue weighted by molar-refractivity contribution is 5.72. The zero-order valence-electron chi connectivity index (χ0n) is 9.51. The van der Waals surface area contributed by atoms with Crippen molar-refractivity contribution < 1.29 is 5.11 Å². The molecule has 0 saturated heterocycles. The van der Waals surface area contributed by atoms with Gasteiger partial charge in [0.2, 0.25) is 0 Å². The molecule has 0 radical (unpaired) electrons. The number of aliphatic hydroxyl groups is 1. The number of imidazole rings is 1. The lowest BCUT2D eigenvalue weighted by atomic mass is 10.1. The average molecular weight is 220 g/mol. The summed E-state index contributed by atoms with van der Waals surface area (Å²) in [5.41, 5.74) is 7.83. The van der Waals surface area contributed by atoms with Gasteiger partial charge in [0.1, 0.15) is 11.3 Å². The van der Waals surface area contributed by atoms with Gasteiger partial charge in [-0.1, -0.05) is 0 Å². The summed E-state index contributed by atoms with van der Waals surface area (Å²) in [6.45, 7) is 2.39. The van der Waals surface area contributed by atoms with E-state index in [1.165, 1.54) is 0 Å². The predicted molar refractivity (Wildman–Crippen MR) is 61.9 cm³/mol. The SMILES string of the molecule is Cc1nc2cc(C(O)CCN)cnc2n1C. The summed E-state index contributed by atoms with van der Waals surface area (Å²) in [6.07, 6.45) is 1.67. The topological polar surface area (TPSA) is 77.0 Å². The summed E-state index contributed by atoms with van der Waals surface area (Å²) < 4.78 is 1.93. The Morgan fingerprint density at radius 1 is 1.56 bits per heavy atom. The van der Waals surface area contributed by atoms with Gasteiger partial charge in [-0.15, -0.1) is 0 Å². The number of nitrogens with zero attached hydrogens (tertiary/aromatic N) is 3. The standard InChI is InChI=1S/C11H16N4O/c1-7-14-9-5-8(10(16)3-4-12)6-13-11(9)15(7)2/h5-6,10,16H,3-4,12H2,1-2H3. The van der Waals surface area contributed by atoms with Crippen LogP contribution in [0.15, 0.2) is 12.3 Å². The molecular weight excluding hydrogens is 204 g/mol. The molecule has 2 heterocycles. The molecule has 2 aromatic rings. The zero-order chi connectivity index (χ0) is 11.7. The molecule has 0 bridgehead atoms. The Kier molecular flexibility index (Phi) is 2.89. The van der Waals surface area contributed by atoms with Crippen LogP contribution in [0.25, 0.3) is 11.2 Å². The van der Waals surface area contributed by atoms with E-state index in [0.717, 1.165) is 22.6 Å². The lowest BCUT2D eigenvalue weighted by molar-refractivity contribution is 0.170. The molecule has 0 fully saturated rings. The number of pyridine rings is 1. The van der Waals surface area contributed by atoms with Crippen LogP contribution in [-0.4, -0.2) is 26.2 Å². The average Bonchev–Trinajstić information content (AvgIpc) is 2.55. The Balaban J connectivity index is 2.44. The maximum atomic E-state index is 9.80. The molecule has 1 atom stereocenters. The third-order valence-corrected chi connectivity index (χ3v) is 2.78.